The molecule has 1 N–H and O–H groups in total. The second-order valence-corrected chi connectivity index (χ2v) is 4.70. The van der Waals surface area contributed by atoms with E-state index < -0.39 is 0 Å². The Morgan fingerprint density at radius 1 is 1.56 bits per heavy atom. The standard InChI is InChI=1S/C13H15ClN2O2/c1-15-13(18)12-3-2-6-16(12)11-5-4-9(8-17)7-10(11)14/h4-5,7-8,12H,2-3,6H2,1H3,(H,15,18). The fraction of sp³-hybridized carbons (Fsp3) is 0.385. The first-order valence-electron chi connectivity index (χ1n) is 5.90. The van der Waals surface area contributed by atoms with Crippen LogP contribution in [-0.4, -0.2) is 31.8 Å². The molecule has 18 heavy (non-hydrogen) atoms. The molecular formula is C13H15ClN2O2. The van der Waals surface area contributed by atoms with Crippen molar-refractivity contribution in [2.24, 2.45) is 0 Å². The van der Waals surface area contributed by atoms with Gasteiger partial charge in [0.25, 0.3) is 0 Å². The summed E-state index contributed by atoms with van der Waals surface area (Å²) < 4.78 is 0. The Hall–Kier alpha value is -1.55. The van der Waals surface area contributed by atoms with E-state index in [4.69, 9.17) is 11.6 Å². The van der Waals surface area contributed by atoms with Gasteiger partial charge in [0.15, 0.2) is 0 Å². The van der Waals surface area contributed by atoms with Crippen molar-refractivity contribution in [1.82, 2.24) is 5.32 Å². The van der Waals surface area contributed by atoms with Crippen LogP contribution < -0.4 is 10.2 Å². The number of likely N-dealkylation sites (N-methyl/N-ethyl adjacent to an activating group) is 1. The number of carbonyl (C=O) groups excluding carboxylic acids is 2. The number of amides is 1. The lowest BCUT2D eigenvalue weighted by atomic mass is 10.1. The van der Waals surface area contributed by atoms with Gasteiger partial charge in [-0.2, -0.15) is 0 Å². The number of hydrogen-bond acceptors (Lipinski definition) is 3. The van der Waals surface area contributed by atoms with Crippen LogP contribution in [0.2, 0.25) is 5.02 Å². The molecule has 0 saturated carbocycles. The first-order valence-corrected chi connectivity index (χ1v) is 6.28. The van der Waals surface area contributed by atoms with Crippen molar-refractivity contribution < 1.29 is 9.59 Å². The van der Waals surface area contributed by atoms with E-state index in [0.29, 0.717) is 10.6 Å². The average molecular weight is 267 g/mol. The van der Waals surface area contributed by atoms with Gasteiger partial charge >= 0.3 is 0 Å². The van der Waals surface area contributed by atoms with E-state index in [0.717, 1.165) is 31.4 Å². The van der Waals surface area contributed by atoms with Crippen molar-refractivity contribution in [3.05, 3.63) is 28.8 Å². The quantitative estimate of drug-likeness (QED) is 0.850. The molecule has 0 bridgehead atoms. The van der Waals surface area contributed by atoms with Crippen molar-refractivity contribution in [3.8, 4) is 0 Å². The van der Waals surface area contributed by atoms with Crippen LogP contribution in [0.4, 0.5) is 5.69 Å². The topological polar surface area (TPSA) is 49.4 Å². The van der Waals surface area contributed by atoms with E-state index in [2.05, 4.69) is 5.32 Å². The van der Waals surface area contributed by atoms with Gasteiger partial charge in [0.05, 0.1) is 10.7 Å². The molecule has 0 aromatic heterocycles. The minimum Gasteiger partial charge on any atom is -0.358 e. The maximum Gasteiger partial charge on any atom is 0.242 e. The molecule has 1 unspecified atom stereocenters. The number of carbonyl (C=O) groups is 2. The molecule has 1 aromatic rings. The largest absolute Gasteiger partial charge is 0.358 e. The summed E-state index contributed by atoms with van der Waals surface area (Å²) in [5, 5.41) is 3.18. The fourth-order valence-corrected chi connectivity index (χ4v) is 2.62. The van der Waals surface area contributed by atoms with Gasteiger partial charge in [-0.1, -0.05) is 11.6 Å². The maximum absolute atomic E-state index is 11.8. The van der Waals surface area contributed by atoms with Crippen molar-refractivity contribution in [2.45, 2.75) is 18.9 Å². The Labute approximate surface area is 111 Å². The lowest BCUT2D eigenvalue weighted by Crippen LogP contribution is -2.42. The molecule has 4 nitrogen and oxygen atoms in total. The molecule has 0 aliphatic carbocycles. The van der Waals surface area contributed by atoms with Gasteiger partial charge in [0, 0.05) is 19.2 Å². The highest BCUT2D eigenvalue weighted by atomic mass is 35.5. The minimum atomic E-state index is -0.172. The normalized spacial score (nSPS) is 18.8. The molecule has 1 aliphatic heterocycles. The summed E-state index contributed by atoms with van der Waals surface area (Å²) >= 11 is 6.17. The predicted octanol–water partition coefficient (Wildman–Crippen LogP) is 1.87. The molecule has 1 heterocycles. The molecule has 1 saturated heterocycles. The van der Waals surface area contributed by atoms with Crippen LogP contribution in [0.5, 0.6) is 0 Å². The van der Waals surface area contributed by atoms with E-state index >= 15 is 0 Å². The minimum absolute atomic E-state index is 0.00281. The Morgan fingerprint density at radius 3 is 2.94 bits per heavy atom. The Bertz CT molecular complexity index is 476. The highest BCUT2D eigenvalue weighted by Crippen LogP contribution is 2.32. The molecule has 96 valence electrons. The van der Waals surface area contributed by atoms with Gasteiger partial charge in [-0.15, -0.1) is 0 Å². The van der Waals surface area contributed by atoms with Crippen molar-refractivity contribution in [2.75, 3.05) is 18.5 Å². The molecule has 1 aliphatic rings. The van der Waals surface area contributed by atoms with E-state index in [-0.39, 0.29) is 11.9 Å². The van der Waals surface area contributed by atoms with E-state index in [1.165, 1.54) is 0 Å². The second kappa shape index (κ2) is 5.40. The predicted molar refractivity (Wildman–Crippen MR) is 71.3 cm³/mol. The number of aldehydes is 1. The second-order valence-electron chi connectivity index (χ2n) is 4.29. The molecule has 0 radical (unpaired) electrons. The summed E-state index contributed by atoms with van der Waals surface area (Å²) in [5.74, 6) is 0.00281. The van der Waals surface area contributed by atoms with Crippen molar-refractivity contribution in [1.29, 1.82) is 0 Å². The summed E-state index contributed by atoms with van der Waals surface area (Å²) in [7, 11) is 1.63. The number of nitrogens with one attached hydrogen (secondary N) is 1. The number of anilines is 1. The molecule has 0 spiro atoms. The molecule has 2 rings (SSSR count). The molecule has 1 fully saturated rings. The zero-order valence-corrected chi connectivity index (χ0v) is 10.9. The maximum atomic E-state index is 11.8. The summed E-state index contributed by atoms with van der Waals surface area (Å²) in [5.41, 5.74) is 1.35. The van der Waals surface area contributed by atoms with Gasteiger partial charge < -0.3 is 10.2 Å². The number of halogens is 1. The fourth-order valence-electron chi connectivity index (χ4n) is 2.32. The van der Waals surface area contributed by atoms with Crippen LogP contribution in [-0.2, 0) is 4.79 Å². The van der Waals surface area contributed by atoms with E-state index in [1.807, 2.05) is 4.90 Å². The average Bonchev–Trinajstić information content (AvgIpc) is 2.86. The molecule has 1 atom stereocenters. The first kappa shape index (κ1) is 12.9. The molecule has 5 heteroatoms. The number of benzene rings is 1. The third-order valence-corrected chi connectivity index (χ3v) is 3.52. The zero-order chi connectivity index (χ0) is 13.1. The summed E-state index contributed by atoms with van der Waals surface area (Å²) in [6.07, 6.45) is 2.55. The highest BCUT2D eigenvalue weighted by molar-refractivity contribution is 6.33. The molecule has 1 amide bonds. The Kier molecular flexibility index (Phi) is 3.87. The lowest BCUT2D eigenvalue weighted by molar-refractivity contribution is -0.121. The smallest absolute Gasteiger partial charge is 0.242 e. The summed E-state index contributed by atoms with van der Waals surface area (Å²) in [6.45, 7) is 0.804. The van der Waals surface area contributed by atoms with E-state index in [1.54, 1.807) is 25.2 Å². The van der Waals surface area contributed by atoms with Gasteiger partial charge in [0.2, 0.25) is 5.91 Å². The third-order valence-electron chi connectivity index (χ3n) is 3.22. The lowest BCUT2D eigenvalue weighted by Gasteiger charge is -2.26. The number of rotatable bonds is 3. The van der Waals surface area contributed by atoms with Crippen LogP contribution in [0.3, 0.4) is 0 Å². The van der Waals surface area contributed by atoms with Crippen LogP contribution >= 0.6 is 11.6 Å². The van der Waals surface area contributed by atoms with Gasteiger partial charge in [-0.3, -0.25) is 9.59 Å². The Balaban J connectivity index is 2.30. The van der Waals surface area contributed by atoms with Crippen LogP contribution in [0, 0.1) is 0 Å². The SMILES string of the molecule is CNC(=O)C1CCCN1c1ccc(C=O)cc1Cl. The zero-order valence-electron chi connectivity index (χ0n) is 10.1. The van der Waals surface area contributed by atoms with Crippen LogP contribution in [0.25, 0.3) is 0 Å². The van der Waals surface area contributed by atoms with Gasteiger partial charge in [-0.05, 0) is 31.0 Å². The van der Waals surface area contributed by atoms with Crippen molar-refractivity contribution >= 4 is 29.5 Å². The summed E-state index contributed by atoms with van der Waals surface area (Å²) in [4.78, 5) is 24.4. The van der Waals surface area contributed by atoms with Gasteiger partial charge in [-0.25, -0.2) is 0 Å². The number of nitrogens with zero attached hydrogens (tertiary/aromatic N) is 1. The summed E-state index contributed by atoms with van der Waals surface area (Å²) in [6, 6.07) is 4.97. The highest BCUT2D eigenvalue weighted by Gasteiger charge is 2.31. The number of hydrogen-bond donors (Lipinski definition) is 1. The Morgan fingerprint density at radius 2 is 2.33 bits per heavy atom. The van der Waals surface area contributed by atoms with E-state index in [9.17, 15) is 9.59 Å². The third kappa shape index (κ3) is 2.34. The monoisotopic (exact) mass is 266 g/mol. The molecule has 1 aromatic carbocycles. The van der Waals surface area contributed by atoms with Crippen LogP contribution in [0.15, 0.2) is 18.2 Å². The molecular weight excluding hydrogens is 252 g/mol. The first-order chi connectivity index (χ1) is 8.67. The van der Waals surface area contributed by atoms with Gasteiger partial charge in [0.1, 0.15) is 12.3 Å². The van der Waals surface area contributed by atoms with Crippen LogP contribution in [0.1, 0.15) is 23.2 Å². The van der Waals surface area contributed by atoms with Crippen molar-refractivity contribution in [3.63, 3.8) is 0 Å².